The molecule has 0 heterocycles. The number of amides is 1. The van der Waals surface area contributed by atoms with Gasteiger partial charge >= 0.3 is 6.18 Å². The molecule has 0 aromatic heterocycles. The highest BCUT2D eigenvalue weighted by molar-refractivity contribution is 5.94. The van der Waals surface area contributed by atoms with Crippen molar-refractivity contribution in [3.63, 3.8) is 0 Å². The summed E-state index contributed by atoms with van der Waals surface area (Å²) in [7, 11) is 0. The number of phenols is 1. The molecule has 8 heteroatoms. The highest BCUT2D eigenvalue weighted by Crippen LogP contribution is 2.31. The van der Waals surface area contributed by atoms with Crippen LogP contribution in [-0.2, 0) is 12.7 Å². The third-order valence-electron chi connectivity index (χ3n) is 5.73. The lowest BCUT2D eigenvalue weighted by atomic mass is 9.86. The van der Waals surface area contributed by atoms with Crippen LogP contribution in [0, 0.1) is 18.7 Å². The van der Waals surface area contributed by atoms with Gasteiger partial charge in [0.1, 0.15) is 11.6 Å². The van der Waals surface area contributed by atoms with Crippen LogP contribution in [0.5, 0.6) is 5.75 Å². The van der Waals surface area contributed by atoms with E-state index < -0.39 is 23.5 Å². The summed E-state index contributed by atoms with van der Waals surface area (Å²) in [6.45, 7) is 2.16. The van der Waals surface area contributed by atoms with Gasteiger partial charge in [0.15, 0.2) is 0 Å². The van der Waals surface area contributed by atoms with E-state index in [-0.39, 0.29) is 35.4 Å². The van der Waals surface area contributed by atoms with Crippen LogP contribution in [-0.4, -0.2) is 23.6 Å². The van der Waals surface area contributed by atoms with Crippen LogP contribution in [0.15, 0.2) is 36.4 Å². The first-order chi connectivity index (χ1) is 14.6. The highest BCUT2D eigenvalue weighted by atomic mass is 19.4. The SMILES string of the molecule is Cc1cc(C(=O)NCC2CCC(NCc3c(O)cccc3F)CC2)cc(C(F)(F)F)c1. The molecule has 3 rings (SSSR count). The Bertz CT molecular complexity index is 902. The Labute approximate surface area is 178 Å². The zero-order valence-corrected chi connectivity index (χ0v) is 17.2. The molecule has 0 bridgehead atoms. The summed E-state index contributed by atoms with van der Waals surface area (Å²) in [5.41, 5.74) is -0.196. The molecular formula is C23H26F4N2O2. The standard InChI is InChI=1S/C23H26F4N2O2/c1-14-9-16(11-17(10-14)23(25,26)27)22(31)29-12-15-5-7-18(8-6-15)28-13-19-20(24)3-2-4-21(19)30/h2-4,9-11,15,18,28,30H,5-8,12-13H2,1H3,(H,29,31). The number of phenolic OH excluding ortho intramolecular Hbond substituents is 1. The molecule has 1 saturated carbocycles. The highest BCUT2D eigenvalue weighted by Gasteiger charge is 2.31. The molecule has 0 unspecified atom stereocenters. The predicted molar refractivity (Wildman–Crippen MR) is 109 cm³/mol. The number of aryl methyl sites for hydroxylation is 1. The van der Waals surface area contributed by atoms with Gasteiger partial charge in [-0.25, -0.2) is 4.39 Å². The Morgan fingerprint density at radius 3 is 2.48 bits per heavy atom. The average molecular weight is 438 g/mol. The minimum Gasteiger partial charge on any atom is -0.508 e. The van der Waals surface area contributed by atoms with E-state index in [2.05, 4.69) is 10.6 Å². The van der Waals surface area contributed by atoms with Crippen LogP contribution >= 0.6 is 0 Å². The molecule has 0 aliphatic heterocycles. The van der Waals surface area contributed by atoms with Crippen molar-refractivity contribution in [1.29, 1.82) is 0 Å². The summed E-state index contributed by atoms with van der Waals surface area (Å²) in [6.07, 6.45) is -1.16. The first-order valence-corrected chi connectivity index (χ1v) is 10.3. The fourth-order valence-corrected chi connectivity index (χ4v) is 3.96. The Morgan fingerprint density at radius 2 is 1.84 bits per heavy atom. The number of alkyl halides is 3. The lowest BCUT2D eigenvalue weighted by Crippen LogP contribution is -2.37. The molecule has 0 spiro atoms. The molecule has 2 aromatic rings. The van der Waals surface area contributed by atoms with Crippen LogP contribution in [0.1, 0.15) is 52.7 Å². The number of carbonyl (C=O) groups is 1. The average Bonchev–Trinajstić information content (AvgIpc) is 2.71. The second-order valence-electron chi connectivity index (χ2n) is 8.13. The Kier molecular flexibility index (Phi) is 7.20. The van der Waals surface area contributed by atoms with Crippen molar-refractivity contribution >= 4 is 5.91 Å². The van der Waals surface area contributed by atoms with Gasteiger partial charge in [0.25, 0.3) is 5.91 Å². The second kappa shape index (κ2) is 9.68. The van der Waals surface area contributed by atoms with E-state index in [0.717, 1.165) is 37.8 Å². The molecule has 4 nitrogen and oxygen atoms in total. The zero-order valence-electron chi connectivity index (χ0n) is 17.2. The topological polar surface area (TPSA) is 61.4 Å². The van der Waals surface area contributed by atoms with Crippen molar-refractivity contribution < 1.29 is 27.5 Å². The van der Waals surface area contributed by atoms with Crippen LogP contribution < -0.4 is 10.6 Å². The van der Waals surface area contributed by atoms with Gasteiger partial charge in [0.05, 0.1) is 5.56 Å². The maximum Gasteiger partial charge on any atom is 0.416 e. The first kappa shape index (κ1) is 23.1. The van der Waals surface area contributed by atoms with Gasteiger partial charge in [-0.3, -0.25) is 4.79 Å². The molecule has 1 amide bonds. The van der Waals surface area contributed by atoms with E-state index in [9.17, 15) is 27.5 Å². The largest absolute Gasteiger partial charge is 0.508 e. The Morgan fingerprint density at radius 1 is 1.13 bits per heavy atom. The number of aromatic hydroxyl groups is 1. The summed E-state index contributed by atoms with van der Waals surface area (Å²) in [6, 6.07) is 7.73. The molecule has 0 radical (unpaired) electrons. The van der Waals surface area contributed by atoms with E-state index >= 15 is 0 Å². The van der Waals surface area contributed by atoms with Crippen molar-refractivity contribution in [2.45, 2.75) is 51.4 Å². The number of halogens is 4. The second-order valence-corrected chi connectivity index (χ2v) is 8.13. The third-order valence-corrected chi connectivity index (χ3v) is 5.73. The molecule has 31 heavy (non-hydrogen) atoms. The van der Waals surface area contributed by atoms with Gasteiger partial charge < -0.3 is 15.7 Å². The maximum absolute atomic E-state index is 13.8. The van der Waals surface area contributed by atoms with Crippen LogP contribution in [0.3, 0.4) is 0 Å². The van der Waals surface area contributed by atoms with Crippen molar-refractivity contribution in [2.24, 2.45) is 5.92 Å². The van der Waals surface area contributed by atoms with Gasteiger partial charge in [0, 0.05) is 30.3 Å². The number of carbonyl (C=O) groups excluding carboxylic acids is 1. The van der Waals surface area contributed by atoms with E-state index in [1.165, 1.54) is 31.2 Å². The van der Waals surface area contributed by atoms with E-state index in [4.69, 9.17) is 0 Å². The molecule has 168 valence electrons. The van der Waals surface area contributed by atoms with Gasteiger partial charge in [0.2, 0.25) is 0 Å². The number of nitrogens with one attached hydrogen (secondary N) is 2. The van der Waals surface area contributed by atoms with Crippen LogP contribution in [0.4, 0.5) is 17.6 Å². The van der Waals surface area contributed by atoms with Crippen LogP contribution in [0.25, 0.3) is 0 Å². The molecule has 1 aliphatic carbocycles. The molecule has 1 aliphatic rings. The van der Waals surface area contributed by atoms with Gasteiger partial charge in [-0.2, -0.15) is 13.2 Å². The first-order valence-electron chi connectivity index (χ1n) is 10.3. The Balaban J connectivity index is 1.46. The number of hydrogen-bond donors (Lipinski definition) is 3. The van der Waals surface area contributed by atoms with Gasteiger partial charge in [-0.15, -0.1) is 0 Å². The molecular weight excluding hydrogens is 412 g/mol. The minimum atomic E-state index is -4.49. The number of rotatable bonds is 6. The third kappa shape index (κ3) is 6.19. The molecule has 2 aromatic carbocycles. The summed E-state index contributed by atoms with van der Waals surface area (Å²) in [5.74, 6) is -0.803. The van der Waals surface area contributed by atoms with Crippen molar-refractivity contribution in [1.82, 2.24) is 10.6 Å². The van der Waals surface area contributed by atoms with E-state index in [1.807, 2.05) is 0 Å². The van der Waals surface area contributed by atoms with E-state index in [0.29, 0.717) is 12.1 Å². The zero-order chi connectivity index (χ0) is 22.6. The lowest BCUT2D eigenvalue weighted by Gasteiger charge is -2.29. The van der Waals surface area contributed by atoms with Crippen molar-refractivity contribution in [3.05, 3.63) is 64.5 Å². The Hall–Kier alpha value is -2.61. The smallest absolute Gasteiger partial charge is 0.416 e. The maximum atomic E-state index is 13.8. The molecule has 0 saturated heterocycles. The molecule has 3 N–H and O–H groups in total. The normalized spacial score (nSPS) is 19.3. The summed E-state index contributed by atoms with van der Waals surface area (Å²) >= 11 is 0. The van der Waals surface area contributed by atoms with Crippen molar-refractivity contribution in [2.75, 3.05) is 6.54 Å². The minimum absolute atomic E-state index is 0.00683. The fourth-order valence-electron chi connectivity index (χ4n) is 3.96. The summed E-state index contributed by atoms with van der Waals surface area (Å²) in [5, 5.41) is 15.8. The predicted octanol–water partition coefficient (Wildman–Crippen LogP) is 4.94. The van der Waals surface area contributed by atoms with Crippen LogP contribution in [0.2, 0.25) is 0 Å². The number of benzene rings is 2. The van der Waals surface area contributed by atoms with Crippen molar-refractivity contribution in [3.8, 4) is 5.75 Å². The van der Waals surface area contributed by atoms with Gasteiger partial charge in [-0.1, -0.05) is 6.07 Å². The summed E-state index contributed by atoms with van der Waals surface area (Å²) < 4.78 is 52.7. The molecule has 1 fully saturated rings. The number of hydrogen-bond acceptors (Lipinski definition) is 3. The monoisotopic (exact) mass is 438 g/mol. The lowest BCUT2D eigenvalue weighted by molar-refractivity contribution is -0.137. The van der Waals surface area contributed by atoms with Gasteiger partial charge in [-0.05, 0) is 74.4 Å². The molecule has 0 atom stereocenters. The fraction of sp³-hybridized carbons (Fsp3) is 0.435. The van der Waals surface area contributed by atoms with E-state index in [1.54, 1.807) is 0 Å². The summed E-state index contributed by atoms with van der Waals surface area (Å²) in [4.78, 5) is 12.4. The quantitative estimate of drug-likeness (QED) is 0.560.